The molecule has 6 nitrogen and oxygen atoms in total. The molecule has 31 heavy (non-hydrogen) atoms. The Kier molecular flexibility index (Phi) is 4.79. The molecule has 1 saturated heterocycles. The van der Waals surface area contributed by atoms with Crippen LogP contribution in [0, 0.1) is 5.82 Å². The number of aromatic hydroxyl groups is 1. The number of hydrogen-bond acceptors (Lipinski definition) is 6. The molecule has 1 fully saturated rings. The van der Waals surface area contributed by atoms with Crippen molar-refractivity contribution in [3.8, 4) is 16.9 Å². The molecule has 0 unspecified atom stereocenters. The Balaban J connectivity index is 1.80. The Morgan fingerprint density at radius 3 is 2.81 bits per heavy atom. The molecule has 1 aliphatic rings. The van der Waals surface area contributed by atoms with Crippen molar-refractivity contribution in [1.29, 1.82) is 0 Å². The number of piperazine rings is 1. The maximum Gasteiger partial charge on any atom is 0.222 e. The second-order valence-corrected chi connectivity index (χ2v) is 8.22. The van der Waals surface area contributed by atoms with Gasteiger partial charge in [0.1, 0.15) is 17.1 Å². The van der Waals surface area contributed by atoms with Crippen LogP contribution in [-0.4, -0.2) is 40.8 Å². The lowest BCUT2D eigenvalue weighted by Gasteiger charge is -2.35. The van der Waals surface area contributed by atoms with Gasteiger partial charge in [0.2, 0.25) is 5.95 Å². The van der Waals surface area contributed by atoms with E-state index >= 15 is 4.39 Å². The summed E-state index contributed by atoms with van der Waals surface area (Å²) < 4.78 is 16.0. The van der Waals surface area contributed by atoms with E-state index in [2.05, 4.69) is 27.1 Å². The molecule has 4 N–H and O–H groups in total. The van der Waals surface area contributed by atoms with Gasteiger partial charge >= 0.3 is 0 Å². The zero-order valence-electron chi connectivity index (χ0n) is 16.9. The Morgan fingerprint density at radius 2 is 2.00 bits per heavy atom. The van der Waals surface area contributed by atoms with E-state index in [1.54, 1.807) is 12.1 Å². The molecule has 8 heteroatoms. The fraction of sp³-hybridized carbons (Fsp3) is 0.217. The monoisotopic (exact) mass is 437 g/mol. The molecule has 5 rings (SSSR count). The predicted molar refractivity (Wildman–Crippen MR) is 123 cm³/mol. The summed E-state index contributed by atoms with van der Waals surface area (Å²) in [5.41, 5.74) is 6.77. The number of hydrogen-bond donors (Lipinski definition) is 3. The first-order valence-electron chi connectivity index (χ1n) is 10.1. The number of halogens is 2. The Morgan fingerprint density at radius 1 is 1.19 bits per heavy atom. The van der Waals surface area contributed by atoms with Gasteiger partial charge in [-0.25, -0.2) is 9.37 Å². The van der Waals surface area contributed by atoms with Crippen molar-refractivity contribution < 1.29 is 9.50 Å². The quantitative estimate of drug-likeness (QED) is 0.432. The molecule has 1 aromatic heterocycles. The Hall–Kier alpha value is -3.16. The van der Waals surface area contributed by atoms with Gasteiger partial charge in [0, 0.05) is 36.6 Å². The van der Waals surface area contributed by atoms with Gasteiger partial charge in [-0.2, -0.15) is 4.98 Å². The predicted octanol–water partition coefficient (Wildman–Crippen LogP) is 4.33. The second-order valence-electron chi connectivity index (χ2n) is 7.81. The number of nitrogens with two attached hydrogens (primary N) is 1. The third kappa shape index (κ3) is 3.30. The van der Waals surface area contributed by atoms with Crippen LogP contribution in [0.3, 0.4) is 0 Å². The summed E-state index contributed by atoms with van der Waals surface area (Å²) >= 11 is 6.64. The molecule has 0 aliphatic carbocycles. The highest BCUT2D eigenvalue weighted by Crippen LogP contribution is 2.42. The van der Waals surface area contributed by atoms with Crippen molar-refractivity contribution in [3.05, 3.63) is 53.3 Å². The van der Waals surface area contributed by atoms with Crippen molar-refractivity contribution in [2.24, 2.45) is 0 Å². The van der Waals surface area contributed by atoms with Gasteiger partial charge in [-0.3, -0.25) is 0 Å². The number of nitrogens with one attached hydrogen (secondary N) is 1. The van der Waals surface area contributed by atoms with E-state index in [1.807, 2.05) is 24.3 Å². The normalized spacial score (nSPS) is 16.9. The molecule has 158 valence electrons. The van der Waals surface area contributed by atoms with E-state index in [-0.39, 0.29) is 33.8 Å². The molecule has 0 saturated carbocycles. The van der Waals surface area contributed by atoms with Gasteiger partial charge < -0.3 is 21.1 Å². The zero-order chi connectivity index (χ0) is 21.7. The van der Waals surface area contributed by atoms with Crippen molar-refractivity contribution in [2.75, 3.05) is 30.3 Å². The largest absolute Gasteiger partial charge is 0.508 e. The van der Waals surface area contributed by atoms with Crippen LogP contribution in [0.15, 0.2) is 42.5 Å². The summed E-state index contributed by atoms with van der Waals surface area (Å²) in [7, 11) is 0. The van der Waals surface area contributed by atoms with Crippen LogP contribution < -0.4 is 16.0 Å². The van der Waals surface area contributed by atoms with E-state index in [1.165, 1.54) is 6.07 Å². The molecule has 1 aliphatic heterocycles. The molecular formula is C23H21ClFN5O. The number of nitrogen functional groups attached to an aromatic ring is 1. The Labute approximate surface area is 183 Å². The zero-order valence-corrected chi connectivity index (χ0v) is 17.6. The number of phenolic OH excluding ortho intramolecular Hbond substituents is 1. The first-order valence-corrected chi connectivity index (χ1v) is 10.5. The molecule has 0 amide bonds. The minimum absolute atomic E-state index is 0.00109. The first kappa shape index (κ1) is 19.8. The van der Waals surface area contributed by atoms with Crippen LogP contribution in [0.2, 0.25) is 5.02 Å². The topological polar surface area (TPSA) is 87.3 Å². The number of anilines is 2. The number of phenols is 1. The standard InChI is InChI=1S/C23H21ClFN5O/c1-12-11-27-6-7-30(12)22-17-10-18(24)19(20(25)21(17)28-23(26)29-22)16-9-14(31)8-13-4-2-3-5-15(13)16/h2-5,8-10,12,27,31H,6-7,11H2,1H3,(H2,26,28,29)/t12-/m0/s1. The fourth-order valence-corrected chi connectivity index (χ4v) is 4.61. The van der Waals surface area contributed by atoms with Crippen LogP contribution in [-0.2, 0) is 0 Å². The van der Waals surface area contributed by atoms with Gasteiger partial charge in [-0.15, -0.1) is 0 Å². The highest BCUT2D eigenvalue weighted by Gasteiger charge is 2.26. The molecule has 0 radical (unpaired) electrons. The van der Waals surface area contributed by atoms with Crippen LogP contribution >= 0.6 is 11.6 Å². The summed E-state index contributed by atoms with van der Waals surface area (Å²) in [6.45, 7) is 4.36. The molecular weight excluding hydrogens is 417 g/mol. The molecule has 0 spiro atoms. The number of aromatic nitrogens is 2. The first-order chi connectivity index (χ1) is 14.9. The van der Waals surface area contributed by atoms with Crippen LogP contribution in [0.5, 0.6) is 5.75 Å². The van der Waals surface area contributed by atoms with Crippen LogP contribution in [0.4, 0.5) is 16.2 Å². The lowest BCUT2D eigenvalue weighted by atomic mass is 9.96. The molecule has 0 bridgehead atoms. The van der Waals surface area contributed by atoms with Crippen LogP contribution in [0.1, 0.15) is 6.92 Å². The minimum atomic E-state index is -0.587. The number of nitrogens with zero attached hydrogens (tertiary/aromatic N) is 3. The van der Waals surface area contributed by atoms with Gasteiger partial charge in [-0.05, 0) is 41.5 Å². The molecule has 3 aromatic carbocycles. The number of fused-ring (bicyclic) bond motifs is 2. The minimum Gasteiger partial charge on any atom is -0.508 e. The van der Waals surface area contributed by atoms with E-state index in [9.17, 15) is 5.11 Å². The highest BCUT2D eigenvalue weighted by atomic mass is 35.5. The van der Waals surface area contributed by atoms with Crippen molar-refractivity contribution in [3.63, 3.8) is 0 Å². The van der Waals surface area contributed by atoms with Gasteiger partial charge in [0.15, 0.2) is 5.82 Å². The number of benzene rings is 3. The molecule has 1 atom stereocenters. The average molecular weight is 438 g/mol. The van der Waals surface area contributed by atoms with Gasteiger partial charge in [-0.1, -0.05) is 35.9 Å². The smallest absolute Gasteiger partial charge is 0.222 e. The fourth-order valence-electron chi connectivity index (χ4n) is 4.32. The van der Waals surface area contributed by atoms with Gasteiger partial charge in [0.05, 0.1) is 5.02 Å². The SMILES string of the molecule is C[C@H]1CNCCN1c1nc(N)nc2c(F)c(-c3cc(O)cc4ccccc34)c(Cl)cc12. The van der Waals surface area contributed by atoms with Crippen molar-refractivity contribution in [2.45, 2.75) is 13.0 Å². The third-order valence-electron chi connectivity index (χ3n) is 5.77. The third-order valence-corrected chi connectivity index (χ3v) is 6.07. The number of rotatable bonds is 2. The highest BCUT2D eigenvalue weighted by molar-refractivity contribution is 6.35. The lowest BCUT2D eigenvalue weighted by molar-refractivity contribution is 0.476. The summed E-state index contributed by atoms with van der Waals surface area (Å²) in [6, 6.07) is 12.4. The lowest BCUT2D eigenvalue weighted by Crippen LogP contribution is -2.50. The summed E-state index contributed by atoms with van der Waals surface area (Å²) in [6.07, 6.45) is 0. The maximum absolute atomic E-state index is 16.0. The van der Waals surface area contributed by atoms with Crippen molar-refractivity contribution >= 4 is 45.0 Å². The Bertz CT molecular complexity index is 1330. The maximum atomic E-state index is 16.0. The van der Waals surface area contributed by atoms with E-state index < -0.39 is 5.82 Å². The van der Waals surface area contributed by atoms with Crippen LogP contribution in [0.25, 0.3) is 32.8 Å². The summed E-state index contributed by atoms with van der Waals surface area (Å²) in [5, 5.41) is 15.9. The summed E-state index contributed by atoms with van der Waals surface area (Å²) in [5.74, 6) is 0.0176. The van der Waals surface area contributed by atoms with E-state index in [0.717, 1.165) is 23.9 Å². The van der Waals surface area contributed by atoms with E-state index in [4.69, 9.17) is 17.3 Å². The summed E-state index contributed by atoms with van der Waals surface area (Å²) in [4.78, 5) is 10.7. The van der Waals surface area contributed by atoms with E-state index in [0.29, 0.717) is 23.3 Å². The average Bonchev–Trinajstić information content (AvgIpc) is 2.74. The second kappa shape index (κ2) is 7.51. The molecule has 2 heterocycles. The van der Waals surface area contributed by atoms with Gasteiger partial charge in [0.25, 0.3) is 0 Å². The van der Waals surface area contributed by atoms with Crippen molar-refractivity contribution in [1.82, 2.24) is 15.3 Å². The molecule has 4 aromatic rings.